The molecule has 4 aromatic carbocycles. The first kappa shape index (κ1) is 22.6. The summed E-state index contributed by atoms with van der Waals surface area (Å²) in [5.74, 6) is -2.03. The van der Waals surface area contributed by atoms with Crippen LogP contribution in [0.1, 0.15) is 20.7 Å². The van der Waals surface area contributed by atoms with E-state index in [2.05, 4.69) is 10.6 Å². The molecule has 1 atom stereocenters. The first-order valence-electron chi connectivity index (χ1n) is 10.5. The number of carboxylic acid groups (broad SMARTS) is 2. The third-order valence-electron chi connectivity index (χ3n) is 5.42. The van der Waals surface area contributed by atoms with Gasteiger partial charge in [-0.2, -0.15) is 0 Å². The second kappa shape index (κ2) is 9.25. The van der Waals surface area contributed by atoms with Gasteiger partial charge in [-0.15, -0.1) is 0 Å². The van der Waals surface area contributed by atoms with E-state index < -0.39 is 21.6 Å². The lowest BCUT2D eigenvalue weighted by Gasteiger charge is -2.16. The van der Waals surface area contributed by atoms with Crippen LogP contribution in [0.25, 0.3) is 0 Å². The topological polar surface area (TPSA) is 111 Å². The Morgan fingerprint density at radius 1 is 0.743 bits per heavy atom. The average molecular weight is 504 g/mol. The number of nitrogens with zero attached hydrogens (tertiary/aromatic N) is 1. The number of fused-ring (bicyclic) bond motifs is 2. The van der Waals surface area contributed by atoms with Gasteiger partial charge in [-0.25, -0.2) is 14.6 Å². The third kappa shape index (κ3) is 4.49. The molecule has 9 heteroatoms. The zero-order chi connectivity index (χ0) is 24.5. The van der Waals surface area contributed by atoms with Crippen LogP contribution in [0.15, 0.2) is 94.8 Å². The van der Waals surface area contributed by atoms with Crippen LogP contribution in [0.2, 0.25) is 0 Å². The van der Waals surface area contributed by atoms with Crippen LogP contribution in [-0.2, 0) is 0 Å². The summed E-state index contributed by atoms with van der Waals surface area (Å²) >= 11 is 0. The molecule has 0 saturated heterocycles. The number of aromatic carboxylic acids is 2. The van der Waals surface area contributed by atoms with Crippen molar-refractivity contribution < 1.29 is 19.8 Å². The van der Waals surface area contributed by atoms with Crippen LogP contribution in [0.3, 0.4) is 0 Å². The molecule has 35 heavy (non-hydrogen) atoms. The van der Waals surface area contributed by atoms with E-state index in [-0.39, 0.29) is 11.1 Å². The van der Waals surface area contributed by atoms with E-state index in [1.54, 1.807) is 36.4 Å². The van der Waals surface area contributed by atoms with E-state index in [4.69, 9.17) is 15.7 Å². The van der Waals surface area contributed by atoms with Crippen molar-refractivity contribution in [3.8, 4) is 0 Å². The monoisotopic (exact) mass is 503 g/mol. The Morgan fingerprint density at radius 2 is 1.29 bits per heavy atom. The van der Waals surface area contributed by atoms with Gasteiger partial charge in [-0.3, -0.25) is 0 Å². The predicted molar refractivity (Wildman–Crippen MR) is 138 cm³/mol. The number of benzene rings is 4. The zero-order valence-corrected chi connectivity index (χ0v) is 19.6. The number of hydrogen-bond donors (Lipinski definition) is 4. The fourth-order valence-electron chi connectivity index (χ4n) is 3.77. The largest absolute Gasteiger partial charge is 0.478 e. The maximum atomic E-state index is 11.5. The van der Waals surface area contributed by atoms with Crippen molar-refractivity contribution in [1.82, 2.24) is 0 Å². The van der Waals surface area contributed by atoms with Gasteiger partial charge in [-0.1, -0.05) is 34.0 Å². The number of para-hydroxylation sites is 2. The molecule has 174 valence electrons. The number of rotatable bonds is 6. The Kier molecular flexibility index (Phi) is 5.98. The van der Waals surface area contributed by atoms with Gasteiger partial charge in [-0.05, 0) is 71.3 Å². The Bertz CT molecular complexity index is 1640. The predicted octanol–water partition coefficient (Wildman–Crippen LogP) is 6.57. The van der Waals surface area contributed by atoms with Crippen molar-refractivity contribution in [3.63, 3.8) is 0 Å². The smallest absolute Gasteiger partial charge is 0.337 e. The average Bonchev–Trinajstić information content (AvgIpc) is 2.85. The molecule has 0 fully saturated rings. The Morgan fingerprint density at radius 3 is 1.89 bits per heavy atom. The van der Waals surface area contributed by atoms with Crippen molar-refractivity contribution in [2.24, 2.45) is 4.99 Å². The van der Waals surface area contributed by atoms with Crippen molar-refractivity contribution in [3.05, 3.63) is 106 Å². The molecule has 4 aromatic rings. The number of carboxylic acids is 2. The van der Waals surface area contributed by atoms with Crippen LogP contribution in [0.5, 0.6) is 0 Å². The molecular weight excluding hydrogens is 486 g/mol. The minimum absolute atomic E-state index is 0.169. The van der Waals surface area contributed by atoms with Gasteiger partial charge >= 0.3 is 11.9 Å². The standard InChI is InChI=1S/C26H18ClN3O4S/c27-35-23-13-15(28-19-7-3-1-5-17(19)25(31)32)9-11-21(23)30-22-12-10-16(14-24(22)35)29-20-8-4-2-6-18(20)26(33)34/h1-14,28-29H,(H,31,32)(H,33,34). The summed E-state index contributed by atoms with van der Waals surface area (Å²) in [6, 6.07) is 24.5. The van der Waals surface area contributed by atoms with Crippen LogP contribution >= 0.6 is 20.4 Å². The number of hydrogen-bond acceptors (Lipinski definition) is 5. The molecule has 0 bridgehead atoms. The summed E-state index contributed by atoms with van der Waals surface area (Å²) in [7, 11) is 6.08. The quantitative estimate of drug-likeness (QED) is 0.221. The Balaban J connectivity index is 1.52. The lowest BCUT2D eigenvalue weighted by molar-refractivity contribution is 0.0687. The summed E-state index contributed by atoms with van der Waals surface area (Å²) in [6.07, 6.45) is 0. The van der Waals surface area contributed by atoms with Gasteiger partial charge in [0.05, 0.1) is 33.5 Å². The molecule has 0 radical (unpaired) electrons. The van der Waals surface area contributed by atoms with Crippen LogP contribution < -0.4 is 16.0 Å². The first-order chi connectivity index (χ1) is 16.9. The second-order valence-electron chi connectivity index (χ2n) is 7.68. The van der Waals surface area contributed by atoms with Gasteiger partial charge in [0, 0.05) is 20.8 Å². The Labute approximate surface area is 206 Å². The number of halogens is 1. The lowest BCUT2D eigenvalue weighted by Crippen LogP contribution is -2.08. The lowest BCUT2D eigenvalue weighted by atomic mass is 10.1. The van der Waals surface area contributed by atoms with Crippen LogP contribution in [-0.4, -0.2) is 22.2 Å². The van der Waals surface area contributed by atoms with Crippen molar-refractivity contribution in [1.29, 1.82) is 0 Å². The normalized spacial score (nSPS) is 13.7. The minimum Gasteiger partial charge on any atom is -0.478 e. The molecule has 1 aliphatic heterocycles. The van der Waals surface area contributed by atoms with Crippen molar-refractivity contribution >= 4 is 60.8 Å². The number of nitrogens with one attached hydrogen (secondary N) is 2. The maximum Gasteiger partial charge on any atom is 0.337 e. The molecule has 4 N–H and O–H groups in total. The molecule has 1 unspecified atom stereocenters. The van der Waals surface area contributed by atoms with E-state index in [1.807, 2.05) is 36.4 Å². The summed E-state index contributed by atoms with van der Waals surface area (Å²) < 4.78 is 0.806. The molecule has 0 aromatic heterocycles. The molecule has 1 aliphatic rings. The van der Waals surface area contributed by atoms with Gasteiger partial charge in [0.25, 0.3) is 0 Å². The first-order valence-corrected chi connectivity index (χ1v) is 12.5. The summed E-state index contributed by atoms with van der Waals surface area (Å²) in [6.45, 7) is 0. The SMILES string of the molecule is O=C(O)c1ccccc1Nc1ccc2c(c1)S(Cl)=c1cc(Nc3ccccc3C(=O)O)ccc1=N2. The second-order valence-corrected chi connectivity index (χ2v) is 10.0. The molecule has 7 nitrogen and oxygen atoms in total. The molecule has 0 amide bonds. The third-order valence-corrected chi connectivity index (χ3v) is 7.84. The van der Waals surface area contributed by atoms with E-state index >= 15 is 0 Å². The highest BCUT2D eigenvalue weighted by molar-refractivity contribution is 8.29. The van der Waals surface area contributed by atoms with Crippen molar-refractivity contribution in [2.75, 3.05) is 10.6 Å². The Hall–Kier alpha value is -4.14. The molecular formula is C26H18ClN3O4S. The fraction of sp³-hybridized carbons (Fsp3) is 0. The fourth-order valence-corrected chi connectivity index (χ4v) is 5.81. The summed E-state index contributed by atoms with van der Waals surface area (Å²) in [5, 5.41) is 26.0. The zero-order valence-electron chi connectivity index (χ0n) is 18.0. The van der Waals surface area contributed by atoms with Crippen LogP contribution in [0, 0.1) is 4.51 Å². The number of anilines is 4. The van der Waals surface area contributed by atoms with E-state index in [9.17, 15) is 19.8 Å². The maximum absolute atomic E-state index is 11.5. The summed E-state index contributed by atoms with van der Waals surface area (Å²) in [5.41, 5.74) is 3.42. The number of carbonyl (C=O) groups is 2. The highest BCUT2D eigenvalue weighted by Crippen LogP contribution is 2.44. The van der Waals surface area contributed by atoms with Gasteiger partial charge in [0.2, 0.25) is 0 Å². The van der Waals surface area contributed by atoms with Crippen LogP contribution in [0.4, 0.5) is 28.4 Å². The molecule has 0 aliphatic carbocycles. The van der Waals surface area contributed by atoms with Crippen molar-refractivity contribution in [2.45, 2.75) is 4.90 Å². The van der Waals surface area contributed by atoms with E-state index in [1.165, 1.54) is 12.1 Å². The molecule has 5 rings (SSSR count). The van der Waals surface area contributed by atoms with E-state index in [0.29, 0.717) is 22.7 Å². The van der Waals surface area contributed by atoms with Gasteiger partial charge < -0.3 is 20.8 Å². The molecule has 0 saturated carbocycles. The van der Waals surface area contributed by atoms with E-state index in [0.717, 1.165) is 20.5 Å². The van der Waals surface area contributed by atoms with Gasteiger partial charge in [0.1, 0.15) is 0 Å². The molecule has 0 spiro atoms. The van der Waals surface area contributed by atoms with Gasteiger partial charge in [0.15, 0.2) is 0 Å². The highest BCUT2D eigenvalue weighted by Gasteiger charge is 2.15. The summed E-state index contributed by atoms with van der Waals surface area (Å²) in [4.78, 5) is 28.6. The minimum atomic E-state index is -1.02. The molecule has 1 heterocycles. The highest BCUT2D eigenvalue weighted by atomic mass is 35.7.